The number of nitriles is 1. The summed E-state index contributed by atoms with van der Waals surface area (Å²) in [6.45, 7) is 1.30. The maximum absolute atomic E-state index is 11.9. The van der Waals surface area contributed by atoms with Gasteiger partial charge in [0, 0.05) is 11.6 Å². The normalized spacial score (nSPS) is 10.9. The molecule has 15 heavy (non-hydrogen) atoms. The van der Waals surface area contributed by atoms with E-state index in [-0.39, 0.29) is 17.1 Å². The van der Waals surface area contributed by atoms with Crippen molar-refractivity contribution in [3.8, 4) is 11.8 Å². The summed E-state index contributed by atoms with van der Waals surface area (Å²) >= 11 is 0. The van der Waals surface area contributed by atoms with Gasteiger partial charge < -0.3 is 10.5 Å². The lowest BCUT2D eigenvalue weighted by molar-refractivity contribution is -0.274. The Balaban J connectivity index is 3.20. The molecule has 0 amide bonds. The smallest absolute Gasteiger partial charge is 0.405 e. The predicted molar refractivity (Wildman–Crippen MR) is 44.8 cm³/mol. The lowest BCUT2D eigenvalue weighted by Gasteiger charge is -2.11. The number of hydrogen-bond donors (Lipinski definition) is 1. The van der Waals surface area contributed by atoms with Crippen LogP contribution in [0.25, 0.3) is 0 Å². The number of nitrogens with two attached hydrogens (primary N) is 1. The molecule has 1 aromatic heterocycles. The summed E-state index contributed by atoms with van der Waals surface area (Å²) in [5.41, 5.74) is 5.03. The van der Waals surface area contributed by atoms with Gasteiger partial charge in [-0.2, -0.15) is 5.26 Å². The molecule has 7 heteroatoms. The van der Waals surface area contributed by atoms with E-state index < -0.39 is 12.1 Å². The zero-order valence-electron chi connectivity index (χ0n) is 7.59. The van der Waals surface area contributed by atoms with Gasteiger partial charge >= 0.3 is 6.36 Å². The molecule has 0 saturated heterocycles. The van der Waals surface area contributed by atoms with Gasteiger partial charge in [0.1, 0.15) is 23.3 Å². The molecule has 0 aliphatic rings. The van der Waals surface area contributed by atoms with Gasteiger partial charge in [0.15, 0.2) is 0 Å². The van der Waals surface area contributed by atoms with Crippen LogP contribution in [0.5, 0.6) is 5.75 Å². The molecule has 0 aliphatic carbocycles. The zero-order chi connectivity index (χ0) is 11.6. The van der Waals surface area contributed by atoms with Crippen LogP contribution in [0.1, 0.15) is 11.3 Å². The first-order valence-electron chi connectivity index (χ1n) is 3.76. The maximum Gasteiger partial charge on any atom is 0.573 e. The third-order valence-corrected chi connectivity index (χ3v) is 1.58. The second-order valence-corrected chi connectivity index (χ2v) is 2.68. The van der Waals surface area contributed by atoms with Gasteiger partial charge in [0.25, 0.3) is 0 Å². The molecule has 0 fully saturated rings. The first-order valence-corrected chi connectivity index (χ1v) is 3.76. The van der Waals surface area contributed by atoms with Crippen molar-refractivity contribution in [2.45, 2.75) is 13.3 Å². The predicted octanol–water partition coefficient (Wildman–Crippen LogP) is 1.74. The van der Waals surface area contributed by atoms with Gasteiger partial charge in [-0.05, 0) is 6.92 Å². The Hall–Kier alpha value is -1.97. The van der Waals surface area contributed by atoms with E-state index in [1.165, 1.54) is 6.92 Å². The summed E-state index contributed by atoms with van der Waals surface area (Å²) in [6.07, 6.45) is -4.81. The third-order valence-electron chi connectivity index (χ3n) is 1.58. The van der Waals surface area contributed by atoms with Crippen LogP contribution in [0, 0.1) is 18.3 Å². The third kappa shape index (κ3) is 2.74. The minimum atomic E-state index is -4.81. The molecule has 0 aromatic carbocycles. The van der Waals surface area contributed by atoms with Gasteiger partial charge in [-0.25, -0.2) is 4.98 Å². The molecule has 0 spiro atoms. The second-order valence-electron chi connectivity index (χ2n) is 2.68. The van der Waals surface area contributed by atoms with Crippen molar-refractivity contribution >= 4 is 5.82 Å². The van der Waals surface area contributed by atoms with E-state index in [0.717, 1.165) is 6.07 Å². The lowest BCUT2D eigenvalue weighted by atomic mass is 10.2. The Morgan fingerprint density at radius 3 is 2.60 bits per heavy atom. The summed E-state index contributed by atoms with van der Waals surface area (Å²) in [5, 5.41) is 8.56. The maximum atomic E-state index is 11.9. The highest BCUT2D eigenvalue weighted by atomic mass is 19.4. The van der Waals surface area contributed by atoms with E-state index >= 15 is 0 Å². The van der Waals surface area contributed by atoms with Crippen LogP contribution >= 0.6 is 0 Å². The largest absolute Gasteiger partial charge is 0.573 e. The summed E-state index contributed by atoms with van der Waals surface area (Å²) < 4.78 is 39.5. The summed E-state index contributed by atoms with van der Waals surface area (Å²) in [7, 11) is 0. The standard InChI is InChI=1S/C8H6F3N3O/c1-4-5(3-12)14-7(13)2-6(4)15-8(9,10)11/h2H,1H3,(H2,13,14). The number of ether oxygens (including phenoxy) is 1. The van der Waals surface area contributed by atoms with Gasteiger partial charge in [-0.3, -0.25) is 0 Å². The topological polar surface area (TPSA) is 71.9 Å². The molecule has 4 nitrogen and oxygen atoms in total. The van der Waals surface area contributed by atoms with E-state index in [9.17, 15) is 13.2 Å². The molecule has 80 valence electrons. The minimum absolute atomic E-state index is 0.00373. The van der Waals surface area contributed by atoms with Crippen LogP contribution in [-0.4, -0.2) is 11.3 Å². The Morgan fingerprint density at radius 1 is 1.53 bits per heavy atom. The Bertz CT molecular complexity index is 422. The monoisotopic (exact) mass is 217 g/mol. The van der Waals surface area contributed by atoms with Crippen molar-refractivity contribution in [1.82, 2.24) is 4.98 Å². The van der Waals surface area contributed by atoms with E-state index in [0.29, 0.717) is 0 Å². The fraction of sp³-hybridized carbons (Fsp3) is 0.250. The molecule has 2 N–H and O–H groups in total. The Morgan fingerprint density at radius 2 is 2.13 bits per heavy atom. The number of aromatic nitrogens is 1. The fourth-order valence-corrected chi connectivity index (χ4v) is 0.944. The Labute approximate surface area is 83.1 Å². The fourth-order valence-electron chi connectivity index (χ4n) is 0.944. The molecule has 1 heterocycles. The molecule has 0 atom stereocenters. The molecule has 0 bridgehead atoms. The number of pyridine rings is 1. The number of alkyl halides is 3. The van der Waals surface area contributed by atoms with E-state index in [1.54, 1.807) is 6.07 Å². The lowest BCUT2D eigenvalue weighted by Crippen LogP contribution is -2.18. The van der Waals surface area contributed by atoms with Crippen molar-refractivity contribution in [3.63, 3.8) is 0 Å². The van der Waals surface area contributed by atoms with Crippen molar-refractivity contribution in [2.24, 2.45) is 0 Å². The molecule has 0 aliphatic heterocycles. The first-order chi connectivity index (χ1) is 6.83. The van der Waals surface area contributed by atoms with E-state index in [1.807, 2.05) is 0 Å². The summed E-state index contributed by atoms with van der Waals surface area (Å²) in [5.74, 6) is -0.706. The summed E-state index contributed by atoms with van der Waals surface area (Å²) in [4.78, 5) is 3.55. The number of halogens is 3. The van der Waals surface area contributed by atoms with Gasteiger partial charge in [0.05, 0.1) is 0 Å². The number of rotatable bonds is 1. The van der Waals surface area contributed by atoms with Crippen LogP contribution in [0.3, 0.4) is 0 Å². The quantitative estimate of drug-likeness (QED) is 0.777. The number of nitrogen functional groups attached to an aromatic ring is 1. The van der Waals surface area contributed by atoms with Crippen molar-refractivity contribution < 1.29 is 17.9 Å². The highest BCUT2D eigenvalue weighted by Crippen LogP contribution is 2.28. The number of hydrogen-bond acceptors (Lipinski definition) is 4. The minimum Gasteiger partial charge on any atom is -0.405 e. The van der Waals surface area contributed by atoms with E-state index in [2.05, 4.69) is 9.72 Å². The van der Waals surface area contributed by atoms with Gasteiger partial charge in [0.2, 0.25) is 0 Å². The van der Waals surface area contributed by atoms with Crippen molar-refractivity contribution in [2.75, 3.05) is 5.73 Å². The average molecular weight is 217 g/mol. The van der Waals surface area contributed by atoms with Crippen LogP contribution in [0.4, 0.5) is 19.0 Å². The van der Waals surface area contributed by atoms with Gasteiger partial charge in [-0.1, -0.05) is 0 Å². The molecule has 1 aromatic rings. The SMILES string of the molecule is Cc1c(OC(F)(F)F)cc(N)nc1C#N. The molecular weight excluding hydrogens is 211 g/mol. The van der Waals surface area contributed by atoms with Crippen molar-refractivity contribution in [1.29, 1.82) is 5.26 Å². The first kappa shape index (κ1) is 11.1. The van der Waals surface area contributed by atoms with Crippen LogP contribution in [0.15, 0.2) is 6.07 Å². The number of anilines is 1. The van der Waals surface area contributed by atoms with Crippen LogP contribution in [-0.2, 0) is 0 Å². The Kier molecular flexibility index (Phi) is 2.70. The van der Waals surface area contributed by atoms with Gasteiger partial charge in [-0.15, -0.1) is 13.2 Å². The van der Waals surface area contributed by atoms with E-state index in [4.69, 9.17) is 11.0 Å². The molecule has 0 radical (unpaired) electrons. The van der Waals surface area contributed by atoms with Crippen LogP contribution < -0.4 is 10.5 Å². The average Bonchev–Trinajstić information content (AvgIpc) is 2.08. The van der Waals surface area contributed by atoms with Crippen LogP contribution in [0.2, 0.25) is 0 Å². The zero-order valence-corrected chi connectivity index (χ0v) is 7.59. The highest BCUT2D eigenvalue weighted by Gasteiger charge is 2.32. The van der Waals surface area contributed by atoms with Crippen molar-refractivity contribution in [3.05, 3.63) is 17.3 Å². The highest BCUT2D eigenvalue weighted by molar-refractivity contribution is 5.49. The molecular formula is C8H6F3N3O. The number of nitrogens with zero attached hydrogens (tertiary/aromatic N) is 2. The molecule has 0 unspecified atom stereocenters. The second kappa shape index (κ2) is 3.65. The molecule has 1 rings (SSSR count). The summed E-state index contributed by atoms with van der Waals surface area (Å²) in [6, 6.07) is 2.54. The molecule has 0 saturated carbocycles.